The lowest BCUT2D eigenvalue weighted by atomic mass is 9.89. The van der Waals surface area contributed by atoms with E-state index < -0.39 is 0 Å². The van der Waals surface area contributed by atoms with Crippen molar-refractivity contribution in [2.45, 2.75) is 56.7 Å². The zero-order chi connectivity index (χ0) is 12.5. The van der Waals surface area contributed by atoms with Crippen molar-refractivity contribution in [1.82, 2.24) is 4.90 Å². The van der Waals surface area contributed by atoms with Gasteiger partial charge in [0.05, 0.1) is 0 Å². The molecule has 2 aliphatic rings. The molecule has 17 heavy (non-hydrogen) atoms. The van der Waals surface area contributed by atoms with Gasteiger partial charge in [0.2, 0.25) is 0 Å². The van der Waals surface area contributed by atoms with Gasteiger partial charge in [0, 0.05) is 36.2 Å². The number of Topliss-reactive ketones (excluding diaryl/α,β-unsaturated/α-hetero) is 1. The van der Waals surface area contributed by atoms with Crippen LogP contribution < -0.4 is 0 Å². The average molecular weight is 255 g/mol. The number of rotatable bonds is 3. The minimum absolute atomic E-state index is 0.226. The molecule has 1 aliphatic carbocycles. The molecule has 2 atom stereocenters. The second-order valence-electron chi connectivity index (χ2n) is 5.81. The van der Waals surface area contributed by atoms with E-state index in [9.17, 15) is 4.79 Å². The normalized spacial score (nSPS) is 34.2. The van der Waals surface area contributed by atoms with E-state index in [0.717, 1.165) is 13.0 Å². The van der Waals surface area contributed by atoms with Crippen LogP contribution in [-0.2, 0) is 4.79 Å². The van der Waals surface area contributed by atoms with Gasteiger partial charge in [-0.05, 0) is 26.0 Å². The first-order chi connectivity index (χ1) is 8.08. The van der Waals surface area contributed by atoms with Crippen LogP contribution in [0, 0.1) is 5.92 Å². The molecule has 0 radical (unpaired) electrons. The number of hydrogen-bond acceptors (Lipinski definition) is 3. The lowest BCUT2D eigenvalue weighted by Crippen LogP contribution is -2.51. The second kappa shape index (κ2) is 5.31. The maximum atomic E-state index is 11.7. The fourth-order valence-electron chi connectivity index (χ4n) is 3.31. The predicted octanol–water partition coefficient (Wildman–Crippen LogP) is 2.96. The van der Waals surface area contributed by atoms with Crippen molar-refractivity contribution >= 4 is 17.5 Å². The van der Waals surface area contributed by atoms with E-state index in [2.05, 4.69) is 36.8 Å². The summed E-state index contributed by atoms with van der Waals surface area (Å²) in [5.74, 6) is 0.683. The molecule has 2 fully saturated rings. The number of thioether (sulfide) groups is 1. The van der Waals surface area contributed by atoms with Gasteiger partial charge in [-0.1, -0.05) is 19.8 Å². The molecule has 0 aromatic rings. The largest absolute Gasteiger partial charge is 0.299 e. The number of carbonyl (C=O) groups excluding carboxylic acids is 1. The third kappa shape index (κ3) is 2.70. The molecule has 1 heterocycles. The quantitative estimate of drug-likeness (QED) is 0.773. The van der Waals surface area contributed by atoms with Crippen LogP contribution in [0.1, 0.15) is 46.0 Å². The highest BCUT2D eigenvalue weighted by Gasteiger charge is 2.39. The summed E-state index contributed by atoms with van der Waals surface area (Å²) in [6.45, 7) is 6.49. The molecule has 0 aromatic carbocycles. The molecule has 2 rings (SSSR count). The highest BCUT2D eigenvalue weighted by Crippen LogP contribution is 2.41. The highest BCUT2D eigenvalue weighted by atomic mass is 32.2. The van der Waals surface area contributed by atoms with E-state index >= 15 is 0 Å². The first-order valence-electron chi connectivity index (χ1n) is 6.90. The van der Waals surface area contributed by atoms with Crippen molar-refractivity contribution in [2.75, 3.05) is 19.3 Å². The van der Waals surface area contributed by atoms with Crippen molar-refractivity contribution in [3.05, 3.63) is 0 Å². The van der Waals surface area contributed by atoms with Crippen LogP contribution in [0.15, 0.2) is 0 Å². The Morgan fingerprint density at radius 3 is 2.59 bits per heavy atom. The first-order valence-corrected chi connectivity index (χ1v) is 8.12. The average Bonchev–Trinajstić information content (AvgIpc) is 2.79. The molecule has 2 nitrogen and oxygen atoms in total. The van der Waals surface area contributed by atoms with Crippen LogP contribution in [0.2, 0.25) is 0 Å². The Morgan fingerprint density at radius 2 is 2.00 bits per heavy atom. The molecule has 1 saturated heterocycles. The molecular formula is C14H25NOS. The lowest BCUT2D eigenvalue weighted by Gasteiger charge is -2.42. The van der Waals surface area contributed by atoms with Gasteiger partial charge in [0.15, 0.2) is 0 Å². The van der Waals surface area contributed by atoms with Crippen molar-refractivity contribution < 1.29 is 4.79 Å². The van der Waals surface area contributed by atoms with Gasteiger partial charge in [-0.15, -0.1) is 0 Å². The van der Waals surface area contributed by atoms with Crippen LogP contribution in [0.25, 0.3) is 0 Å². The van der Waals surface area contributed by atoms with E-state index in [1.54, 1.807) is 0 Å². The standard InChI is InChI=1S/C14H25NOS/c1-11-12(2)15(9-6-13(11)16)10-14(17-3)7-4-5-8-14/h11-12H,4-10H2,1-3H3. The number of hydrogen-bond donors (Lipinski definition) is 0. The molecule has 0 bridgehead atoms. The first kappa shape index (κ1) is 13.4. The summed E-state index contributed by atoms with van der Waals surface area (Å²) in [6.07, 6.45) is 8.51. The Bertz CT molecular complexity index is 286. The molecule has 1 aliphatic heterocycles. The Morgan fingerprint density at radius 1 is 1.35 bits per heavy atom. The van der Waals surface area contributed by atoms with Gasteiger partial charge < -0.3 is 0 Å². The van der Waals surface area contributed by atoms with Crippen LogP contribution in [0.5, 0.6) is 0 Å². The minimum Gasteiger partial charge on any atom is -0.299 e. The second-order valence-corrected chi connectivity index (χ2v) is 7.08. The molecule has 2 unspecified atom stereocenters. The molecule has 98 valence electrons. The Hall–Kier alpha value is -0.0200. The summed E-state index contributed by atoms with van der Waals surface area (Å²) < 4.78 is 0.481. The molecule has 0 N–H and O–H groups in total. The monoisotopic (exact) mass is 255 g/mol. The zero-order valence-corrected chi connectivity index (χ0v) is 12.2. The fraction of sp³-hybridized carbons (Fsp3) is 0.929. The molecule has 3 heteroatoms. The fourth-order valence-corrected chi connectivity index (χ4v) is 4.30. The number of nitrogens with zero attached hydrogens (tertiary/aromatic N) is 1. The smallest absolute Gasteiger partial charge is 0.138 e. The Kier molecular flexibility index (Phi) is 4.19. The molecular weight excluding hydrogens is 230 g/mol. The van der Waals surface area contributed by atoms with Crippen LogP contribution >= 0.6 is 11.8 Å². The van der Waals surface area contributed by atoms with Crippen molar-refractivity contribution in [3.63, 3.8) is 0 Å². The molecule has 0 amide bonds. The van der Waals surface area contributed by atoms with E-state index in [1.807, 2.05) is 0 Å². The van der Waals surface area contributed by atoms with Gasteiger partial charge in [-0.25, -0.2) is 0 Å². The van der Waals surface area contributed by atoms with Gasteiger partial charge >= 0.3 is 0 Å². The number of piperidine rings is 1. The van der Waals surface area contributed by atoms with Crippen molar-refractivity contribution in [1.29, 1.82) is 0 Å². The SMILES string of the molecule is CSC1(CN2CCC(=O)C(C)C2C)CCCC1. The molecule has 0 spiro atoms. The summed E-state index contributed by atoms with van der Waals surface area (Å²) in [6, 6.07) is 0.431. The van der Waals surface area contributed by atoms with Crippen molar-refractivity contribution in [2.24, 2.45) is 5.92 Å². The number of ketones is 1. The van der Waals surface area contributed by atoms with E-state index in [1.165, 1.54) is 32.2 Å². The van der Waals surface area contributed by atoms with Crippen LogP contribution in [0.3, 0.4) is 0 Å². The maximum absolute atomic E-state index is 11.7. The van der Waals surface area contributed by atoms with E-state index in [4.69, 9.17) is 0 Å². The molecule has 1 saturated carbocycles. The lowest BCUT2D eigenvalue weighted by molar-refractivity contribution is -0.128. The van der Waals surface area contributed by atoms with E-state index in [0.29, 0.717) is 16.6 Å². The predicted molar refractivity (Wildman–Crippen MR) is 74.5 cm³/mol. The van der Waals surface area contributed by atoms with Gasteiger partial charge in [0.1, 0.15) is 5.78 Å². The number of carbonyl (C=O) groups is 1. The topological polar surface area (TPSA) is 20.3 Å². The van der Waals surface area contributed by atoms with Crippen molar-refractivity contribution in [3.8, 4) is 0 Å². The molecule has 0 aromatic heterocycles. The van der Waals surface area contributed by atoms with Gasteiger partial charge in [-0.2, -0.15) is 11.8 Å². The minimum atomic E-state index is 0.226. The third-order valence-electron chi connectivity index (χ3n) is 4.89. The van der Waals surface area contributed by atoms with Gasteiger partial charge in [0.25, 0.3) is 0 Å². The third-order valence-corrected chi connectivity index (χ3v) is 6.30. The van der Waals surface area contributed by atoms with Crippen LogP contribution in [-0.4, -0.2) is 40.8 Å². The number of likely N-dealkylation sites (tertiary alicyclic amines) is 1. The van der Waals surface area contributed by atoms with Gasteiger partial charge in [-0.3, -0.25) is 9.69 Å². The van der Waals surface area contributed by atoms with E-state index in [-0.39, 0.29) is 5.92 Å². The summed E-state index contributed by atoms with van der Waals surface area (Å²) in [4.78, 5) is 14.3. The zero-order valence-electron chi connectivity index (χ0n) is 11.4. The van der Waals surface area contributed by atoms with Crippen LogP contribution in [0.4, 0.5) is 0 Å². The summed E-state index contributed by atoms with van der Waals surface area (Å²) in [5.41, 5.74) is 0. The summed E-state index contributed by atoms with van der Waals surface area (Å²) in [7, 11) is 0. The maximum Gasteiger partial charge on any atom is 0.138 e. The highest BCUT2D eigenvalue weighted by molar-refractivity contribution is 8.00. The Labute approximate surface area is 110 Å². The summed E-state index contributed by atoms with van der Waals surface area (Å²) in [5, 5.41) is 0. The summed E-state index contributed by atoms with van der Waals surface area (Å²) >= 11 is 2.05. The Balaban J connectivity index is 2.00.